The van der Waals surface area contributed by atoms with Crippen LogP contribution in [-0.4, -0.2) is 5.91 Å². The summed E-state index contributed by atoms with van der Waals surface area (Å²) in [6, 6.07) is 14.2. The van der Waals surface area contributed by atoms with Crippen molar-refractivity contribution < 1.29 is 9.53 Å². The van der Waals surface area contributed by atoms with Crippen LogP contribution in [0.25, 0.3) is 11.1 Å². The molecule has 0 saturated heterocycles. The maximum absolute atomic E-state index is 11.8. The third kappa shape index (κ3) is 3.96. The van der Waals surface area contributed by atoms with Gasteiger partial charge in [-0.05, 0) is 60.2 Å². The molecule has 0 radical (unpaired) electrons. The number of anilines is 1. The highest BCUT2D eigenvalue weighted by molar-refractivity contribution is 5.94. The average molecular weight is 322 g/mol. The maximum atomic E-state index is 11.8. The summed E-state index contributed by atoms with van der Waals surface area (Å²) in [5.74, 6) is 0.345. The Morgan fingerprint density at radius 3 is 2.67 bits per heavy atom. The molecule has 0 bridgehead atoms. The normalized spacial score (nSPS) is 13.9. The van der Waals surface area contributed by atoms with Gasteiger partial charge in [-0.25, -0.2) is 0 Å². The van der Waals surface area contributed by atoms with Crippen molar-refractivity contribution in [2.75, 3.05) is 5.32 Å². The third-order valence-electron chi connectivity index (χ3n) is 4.14. The summed E-state index contributed by atoms with van der Waals surface area (Å²) in [7, 11) is 0. The lowest BCUT2D eigenvalue weighted by Gasteiger charge is -2.11. The molecule has 3 rings (SSSR count). The molecular weight excluding hydrogens is 300 g/mol. The van der Waals surface area contributed by atoms with Gasteiger partial charge < -0.3 is 15.8 Å². The van der Waals surface area contributed by atoms with E-state index in [9.17, 15) is 4.79 Å². The molecule has 0 aliphatic heterocycles. The molecule has 1 amide bonds. The number of hydrogen-bond acceptors (Lipinski definition) is 3. The van der Waals surface area contributed by atoms with Crippen molar-refractivity contribution in [3.05, 3.63) is 66.1 Å². The largest absolute Gasteiger partial charge is 0.495 e. The number of ether oxygens (including phenoxy) is 1. The maximum Gasteiger partial charge on any atom is 0.227 e. The first-order valence-corrected chi connectivity index (χ1v) is 8.16. The molecule has 4 heteroatoms. The second-order valence-electron chi connectivity index (χ2n) is 6.13. The van der Waals surface area contributed by atoms with Gasteiger partial charge in [-0.3, -0.25) is 4.79 Å². The van der Waals surface area contributed by atoms with Crippen LogP contribution in [0.2, 0.25) is 0 Å². The first-order chi connectivity index (χ1) is 11.7. The highest BCUT2D eigenvalue weighted by Crippen LogP contribution is 2.31. The first kappa shape index (κ1) is 16.1. The van der Waals surface area contributed by atoms with Crippen molar-refractivity contribution in [3.8, 4) is 11.1 Å². The van der Waals surface area contributed by atoms with Gasteiger partial charge in [0.2, 0.25) is 5.91 Å². The van der Waals surface area contributed by atoms with E-state index in [4.69, 9.17) is 10.5 Å². The van der Waals surface area contributed by atoms with Crippen molar-refractivity contribution in [2.45, 2.75) is 26.4 Å². The van der Waals surface area contributed by atoms with Crippen molar-refractivity contribution in [3.63, 3.8) is 0 Å². The summed E-state index contributed by atoms with van der Waals surface area (Å²) >= 11 is 0. The monoisotopic (exact) mass is 322 g/mol. The second-order valence-corrected chi connectivity index (χ2v) is 6.13. The molecule has 124 valence electrons. The van der Waals surface area contributed by atoms with Crippen LogP contribution in [0.4, 0.5) is 5.69 Å². The summed E-state index contributed by atoms with van der Waals surface area (Å²) in [6.45, 7) is 2.57. The quantitative estimate of drug-likeness (QED) is 0.791. The topological polar surface area (TPSA) is 64.3 Å². The zero-order valence-electron chi connectivity index (χ0n) is 13.8. The van der Waals surface area contributed by atoms with E-state index < -0.39 is 0 Å². The Bertz CT molecular complexity index is 747. The van der Waals surface area contributed by atoms with Crippen molar-refractivity contribution in [1.82, 2.24) is 0 Å². The van der Waals surface area contributed by atoms with Gasteiger partial charge in [0, 0.05) is 17.8 Å². The van der Waals surface area contributed by atoms with E-state index in [1.54, 1.807) is 0 Å². The van der Waals surface area contributed by atoms with Gasteiger partial charge in [-0.2, -0.15) is 0 Å². The van der Waals surface area contributed by atoms with Crippen LogP contribution < -0.4 is 11.1 Å². The fourth-order valence-electron chi connectivity index (χ4n) is 2.59. The molecule has 4 nitrogen and oxygen atoms in total. The highest BCUT2D eigenvalue weighted by atomic mass is 16.5. The zero-order chi connectivity index (χ0) is 16.9. The number of nitrogens with one attached hydrogen (secondary N) is 1. The van der Waals surface area contributed by atoms with Gasteiger partial charge >= 0.3 is 0 Å². The predicted molar refractivity (Wildman–Crippen MR) is 96.1 cm³/mol. The molecule has 2 aromatic carbocycles. The van der Waals surface area contributed by atoms with E-state index in [2.05, 4.69) is 24.4 Å². The minimum atomic E-state index is 0.131. The van der Waals surface area contributed by atoms with Crippen molar-refractivity contribution in [1.29, 1.82) is 0 Å². The van der Waals surface area contributed by atoms with Crippen LogP contribution in [0, 0.1) is 12.8 Å². The number of amides is 1. The number of hydrogen-bond donors (Lipinski definition) is 2. The lowest BCUT2D eigenvalue weighted by Crippen LogP contribution is -2.12. The second kappa shape index (κ2) is 7.21. The van der Waals surface area contributed by atoms with Crippen LogP contribution >= 0.6 is 0 Å². The van der Waals surface area contributed by atoms with Gasteiger partial charge in [0.1, 0.15) is 6.61 Å². The minimum absolute atomic E-state index is 0.131. The summed E-state index contributed by atoms with van der Waals surface area (Å²) in [4.78, 5) is 11.8. The SMILES string of the molecule is Cc1ccc(CO/C=C\N)cc1-c1ccc(NC(=O)C2CC2)cc1. The zero-order valence-corrected chi connectivity index (χ0v) is 13.8. The third-order valence-corrected chi connectivity index (χ3v) is 4.14. The van der Waals surface area contributed by atoms with E-state index in [-0.39, 0.29) is 11.8 Å². The van der Waals surface area contributed by atoms with Crippen LogP contribution in [0.1, 0.15) is 24.0 Å². The molecule has 2 aromatic rings. The van der Waals surface area contributed by atoms with Crippen LogP contribution in [0.5, 0.6) is 0 Å². The molecule has 3 N–H and O–H groups in total. The molecule has 0 heterocycles. The predicted octanol–water partition coefficient (Wildman–Crippen LogP) is 3.96. The number of benzene rings is 2. The van der Waals surface area contributed by atoms with Crippen LogP contribution in [0.15, 0.2) is 54.9 Å². The summed E-state index contributed by atoms with van der Waals surface area (Å²) in [6.07, 6.45) is 4.88. The average Bonchev–Trinajstić information content (AvgIpc) is 3.42. The molecule has 1 saturated carbocycles. The number of carbonyl (C=O) groups excluding carboxylic acids is 1. The molecule has 0 spiro atoms. The van der Waals surface area contributed by atoms with Crippen molar-refractivity contribution >= 4 is 11.6 Å². The van der Waals surface area contributed by atoms with Gasteiger partial charge in [0.15, 0.2) is 0 Å². The van der Waals surface area contributed by atoms with E-state index in [0.29, 0.717) is 6.61 Å². The van der Waals surface area contributed by atoms with Gasteiger partial charge in [-0.15, -0.1) is 0 Å². The van der Waals surface area contributed by atoms with Gasteiger partial charge in [-0.1, -0.05) is 24.3 Å². The number of aryl methyl sites for hydroxylation is 1. The van der Waals surface area contributed by atoms with E-state index >= 15 is 0 Å². The number of rotatable bonds is 6. The lowest BCUT2D eigenvalue weighted by molar-refractivity contribution is -0.117. The highest BCUT2D eigenvalue weighted by Gasteiger charge is 2.29. The summed E-state index contributed by atoms with van der Waals surface area (Å²) in [5, 5.41) is 2.96. The molecule has 1 fully saturated rings. The fourth-order valence-corrected chi connectivity index (χ4v) is 2.59. The number of nitrogens with two attached hydrogens (primary N) is 1. The summed E-state index contributed by atoms with van der Waals surface area (Å²) in [5.41, 5.74) is 10.7. The molecule has 1 aliphatic carbocycles. The van der Waals surface area contributed by atoms with Gasteiger partial charge in [0.25, 0.3) is 0 Å². The number of carbonyl (C=O) groups is 1. The Hall–Kier alpha value is -2.75. The van der Waals surface area contributed by atoms with Crippen LogP contribution in [-0.2, 0) is 16.1 Å². The molecule has 0 unspecified atom stereocenters. The van der Waals surface area contributed by atoms with Crippen molar-refractivity contribution in [2.24, 2.45) is 11.7 Å². The smallest absolute Gasteiger partial charge is 0.227 e. The summed E-state index contributed by atoms with van der Waals surface area (Å²) < 4.78 is 5.34. The minimum Gasteiger partial charge on any atom is -0.495 e. The van der Waals surface area contributed by atoms with E-state index in [0.717, 1.165) is 35.2 Å². The Morgan fingerprint density at radius 2 is 2.00 bits per heavy atom. The fraction of sp³-hybridized carbons (Fsp3) is 0.250. The molecule has 1 aliphatic rings. The first-order valence-electron chi connectivity index (χ1n) is 8.16. The molecule has 0 aromatic heterocycles. The Labute approximate surface area is 142 Å². The molecule has 24 heavy (non-hydrogen) atoms. The van der Waals surface area contributed by atoms with Gasteiger partial charge in [0.05, 0.1) is 6.26 Å². The van der Waals surface area contributed by atoms with E-state index in [1.807, 2.05) is 30.3 Å². The van der Waals surface area contributed by atoms with Crippen LogP contribution in [0.3, 0.4) is 0 Å². The molecular formula is C20H22N2O2. The molecule has 0 atom stereocenters. The Morgan fingerprint density at radius 1 is 1.25 bits per heavy atom. The standard InChI is InChI=1S/C20H22N2O2/c1-14-2-3-15(13-24-11-10-21)12-19(14)16-6-8-18(9-7-16)22-20(23)17-4-5-17/h2-3,6-12,17H,4-5,13,21H2,1H3,(H,22,23)/b11-10-. The Balaban J connectivity index is 1.74. The Kier molecular flexibility index (Phi) is 4.85. The van der Waals surface area contributed by atoms with E-state index in [1.165, 1.54) is 18.0 Å². The lowest BCUT2D eigenvalue weighted by atomic mass is 9.98.